The maximum atomic E-state index is 12.7. The number of nitrogens with one attached hydrogen (secondary N) is 1. The van der Waals surface area contributed by atoms with Crippen molar-refractivity contribution in [1.29, 1.82) is 0 Å². The third kappa shape index (κ3) is 5.75. The standard InChI is InChI=1S/C14H25F3N4.HI/c1-3-18-13(19-10-12-4-5-12)21-8-6-20(7-9-21)11(2)14(15,16)17;/h11-12H,3-10H2,1-2H3,(H,18,19);1H. The summed E-state index contributed by atoms with van der Waals surface area (Å²) >= 11 is 0. The highest BCUT2D eigenvalue weighted by molar-refractivity contribution is 14.0. The largest absolute Gasteiger partial charge is 0.403 e. The van der Waals surface area contributed by atoms with Crippen LogP contribution < -0.4 is 5.32 Å². The summed E-state index contributed by atoms with van der Waals surface area (Å²) < 4.78 is 38.2. The van der Waals surface area contributed by atoms with Crippen molar-refractivity contribution in [1.82, 2.24) is 15.1 Å². The molecule has 0 aromatic heterocycles. The zero-order chi connectivity index (χ0) is 15.5. The van der Waals surface area contributed by atoms with E-state index in [9.17, 15) is 13.2 Å². The van der Waals surface area contributed by atoms with Crippen LogP contribution in [0.4, 0.5) is 13.2 Å². The normalized spacial score (nSPS) is 22.2. The zero-order valence-electron chi connectivity index (χ0n) is 13.2. The van der Waals surface area contributed by atoms with E-state index in [1.54, 1.807) is 0 Å². The number of nitrogens with zero attached hydrogens (tertiary/aromatic N) is 3. The molecule has 0 amide bonds. The minimum Gasteiger partial charge on any atom is -0.357 e. The summed E-state index contributed by atoms with van der Waals surface area (Å²) in [5.74, 6) is 1.56. The van der Waals surface area contributed by atoms with Gasteiger partial charge in [-0.25, -0.2) is 0 Å². The first-order valence-corrected chi connectivity index (χ1v) is 7.75. The average molecular weight is 434 g/mol. The van der Waals surface area contributed by atoms with Gasteiger partial charge in [0.25, 0.3) is 0 Å². The van der Waals surface area contributed by atoms with Gasteiger partial charge >= 0.3 is 6.18 Å². The Balaban J connectivity index is 0.00000242. The molecule has 2 rings (SSSR count). The summed E-state index contributed by atoms with van der Waals surface area (Å²) in [7, 11) is 0. The van der Waals surface area contributed by atoms with E-state index in [1.165, 1.54) is 24.7 Å². The lowest BCUT2D eigenvalue weighted by Gasteiger charge is -2.39. The number of aliphatic imine (C=N–C) groups is 1. The Morgan fingerprint density at radius 2 is 1.82 bits per heavy atom. The summed E-state index contributed by atoms with van der Waals surface area (Å²) in [4.78, 5) is 8.18. The van der Waals surface area contributed by atoms with Gasteiger partial charge in [0.15, 0.2) is 5.96 Å². The number of hydrogen-bond donors (Lipinski definition) is 1. The molecule has 1 aliphatic heterocycles. The van der Waals surface area contributed by atoms with E-state index >= 15 is 0 Å². The summed E-state index contributed by atoms with van der Waals surface area (Å²) in [5.41, 5.74) is 0. The average Bonchev–Trinajstić information content (AvgIpc) is 3.26. The van der Waals surface area contributed by atoms with E-state index in [1.807, 2.05) is 6.92 Å². The Morgan fingerprint density at radius 1 is 1.23 bits per heavy atom. The van der Waals surface area contributed by atoms with E-state index in [-0.39, 0.29) is 24.0 Å². The maximum absolute atomic E-state index is 12.7. The Hall–Kier alpha value is -0.250. The van der Waals surface area contributed by atoms with Crippen LogP contribution >= 0.6 is 24.0 Å². The molecule has 22 heavy (non-hydrogen) atoms. The molecule has 1 N–H and O–H groups in total. The van der Waals surface area contributed by atoms with Crippen LogP contribution in [0.15, 0.2) is 4.99 Å². The predicted octanol–water partition coefficient (Wildman–Crippen LogP) is 2.55. The van der Waals surface area contributed by atoms with Crippen molar-refractivity contribution in [3.05, 3.63) is 0 Å². The van der Waals surface area contributed by atoms with Gasteiger partial charge < -0.3 is 10.2 Å². The Bertz CT molecular complexity index is 364. The van der Waals surface area contributed by atoms with Crippen LogP contribution in [-0.2, 0) is 0 Å². The zero-order valence-corrected chi connectivity index (χ0v) is 15.5. The molecule has 0 aromatic rings. The van der Waals surface area contributed by atoms with Crippen molar-refractivity contribution in [2.75, 3.05) is 39.3 Å². The molecule has 2 fully saturated rings. The fourth-order valence-electron chi connectivity index (χ4n) is 2.47. The molecule has 1 atom stereocenters. The first-order valence-electron chi connectivity index (χ1n) is 7.75. The van der Waals surface area contributed by atoms with Gasteiger partial charge in [0.1, 0.15) is 6.04 Å². The van der Waals surface area contributed by atoms with Gasteiger partial charge in [-0.1, -0.05) is 0 Å². The van der Waals surface area contributed by atoms with E-state index in [0.29, 0.717) is 32.1 Å². The third-order valence-corrected chi connectivity index (χ3v) is 4.17. The van der Waals surface area contributed by atoms with Crippen LogP contribution in [0.25, 0.3) is 0 Å². The van der Waals surface area contributed by atoms with E-state index in [2.05, 4.69) is 15.2 Å². The molecule has 1 heterocycles. The van der Waals surface area contributed by atoms with Crippen molar-refractivity contribution in [3.8, 4) is 0 Å². The van der Waals surface area contributed by atoms with Crippen LogP contribution in [0.2, 0.25) is 0 Å². The van der Waals surface area contributed by atoms with E-state index in [4.69, 9.17) is 0 Å². The SMILES string of the molecule is CCNC(=NCC1CC1)N1CCN(C(C)C(F)(F)F)CC1.I. The second-order valence-electron chi connectivity index (χ2n) is 5.88. The summed E-state index contributed by atoms with van der Waals surface area (Å²) in [6, 6.07) is -1.37. The molecule has 0 radical (unpaired) electrons. The number of rotatable bonds is 4. The third-order valence-electron chi connectivity index (χ3n) is 4.17. The van der Waals surface area contributed by atoms with Crippen molar-refractivity contribution < 1.29 is 13.2 Å². The van der Waals surface area contributed by atoms with Crippen molar-refractivity contribution in [3.63, 3.8) is 0 Å². The molecule has 2 aliphatic rings. The van der Waals surface area contributed by atoms with Gasteiger partial charge in [-0.3, -0.25) is 9.89 Å². The Labute approximate surface area is 147 Å². The Morgan fingerprint density at radius 3 is 2.27 bits per heavy atom. The molecule has 1 saturated carbocycles. The molecule has 8 heteroatoms. The minimum absolute atomic E-state index is 0. The predicted molar refractivity (Wildman–Crippen MR) is 92.8 cm³/mol. The number of alkyl halides is 3. The van der Waals surface area contributed by atoms with Crippen molar-refractivity contribution >= 4 is 29.9 Å². The van der Waals surface area contributed by atoms with Gasteiger partial charge in [0, 0.05) is 39.3 Å². The smallest absolute Gasteiger partial charge is 0.357 e. The second-order valence-corrected chi connectivity index (χ2v) is 5.88. The van der Waals surface area contributed by atoms with Crippen molar-refractivity contribution in [2.45, 2.75) is 38.9 Å². The molecular formula is C14H26F3IN4. The highest BCUT2D eigenvalue weighted by atomic mass is 127. The Kier molecular flexibility index (Phi) is 7.70. The number of halogens is 4. The van der Waals surface area contributed by atoms with Crippen LogP contribution in [0.5, 0.6) is 0 Å². The minimum atomic E-state index is -4.15. The summed E-state index contributed by atoms with van der Waals surface area (Å²) in [6.07, 6.45) is -1.65. The van der Waals surface area contributed by atoms with E-state index < -0.39 is 12.2 Å². The molecule has 0 spiro atoms. The fraction of sp³-hybridized carbons (Fsp3) is 0.929. The van der Waals surface area contributed by atoms with Gasteiger partial charge in [-0.2, -0.15) is 13.2 Å². The molecule has 1 aliphatic carbocycles. The lowest BCUT2D eigenvalue weighted by molar-refractivity contribution is -0.181. The summed E-state index contributed by atoms with van der Waals surface area (Å²) in [6.45, 7) is 6.90. The number of hydrogen-bond acceptors (Lipinski definition) is 2. The first-order chi connectivity index (χ1) is 9.91. The van der Waals surface area contributed by atoms with Gasteiger partial charge in [-0.15, -0.1) is 24.0 Å². The van der Waals surface area contributed by atoms with Crippen LogP contribution in [0.3, 0.4) is 0 Å². The first kappa shape index (κ1) is 19.8. The summed E-state index contributed by atoms with van der Waals surface area (Å²) in [5, 5.41) is 3.24. The molecule has 1 unspecified atom stereocenters. The molecule has 0 bridgehead atoms. The number of piperazine rings is 1. The highest BCUT2D eigenvalue weighted by Crippen LogP contribution is 2.29. The molecule has 0 aromatic carbocycles. The van der Waals surface area contributed by atoms with Crippen LogP contribution in [0.1, 0.15) is 26.7 Å². The molecular weight excluding hydrogens is 408 g/mol. The second kappa shape index (κ2) is 8.56. The lowest BCUT2D eigenvalue weighted by Crippen LogP contribution is -2.56. The van der Waals surface area contributed by atoms with Gasteiger partial charge in [-0.05, 0) is 32.6 Å². The lowest BCUT2D eigenvalue weighted by atomic mass is 10.2. The monoisotopic (exact) mass is 434 g/mol. The number of guanidine groups is 1. The topological polar surface area (TPSA) is 30.9 Å². The maximum Gasteiger partial charge on any atom is 0.403 e. The van der Waals surface area contributed by atoms with Gasteiger partial charge in [0.05, 0.1) is 0 Å². The molecule has 4 nitrogen and oxygen atoms in total. The molecule has 130 valence electrons. The quantitative estimate of drug-likeness (QED) is 0.419. The fourth-order valence-corrected chi connectivity index (χ4v) is 2.47. The van der Waals surface area contributed by atoms with Crippen molar-refractivity contribution in [2.24, 2.45) is 10.9 Å². The highest BCUT2D eigenvalue weighted by Gasteiger charge is 2.41. The van der Waals surface area contributed by atoms with E-state index in [0.717, 1.165) is 19.0 Å². The van der Waals surface area contributed by atoms with Crippen LogP contribution in [0, 0.1) is 5.92 Å². The molecule has 1 saturated heterocycles. The van der Waals surface area contributed by atoms with Crippen LogP contribution in [-0.4, -0.2) is 67.2 Å². The van der Waals surface area contributed by atoms with Gasteiger partial charge in [0.2, 0.25) is 0 Å².